The molecule has 20 heavy (non-hydrogen) atoms. The largest absolute Gasteiger partial charge is 0.497 e. The number of hydrogen-bond acceptors (Lipinski definition) is 3. The van der Waals surface area contributed by atoms with Crippen molar-refractivity contribution in [1.29, 1.82) is 0 Å². The third kappa shape index (κ3) is 5.39. The summed E-state index contributed by atoms with van der Waals surface area (Å²) in [5, 5.41) is 6.10. The first kappa shape index (κ1) is 18.7. The van der Waals surface area contributed by atoms with Crippen LogP contribution in [-0.2, 0) is 4.79 Å². The van der Waals surface area contributed by atoms with E-state index in [1.54, 1.807) is 7.11 Å². The summed E-state index contributed by atoms with van der Waals surface area (Å²) in [4.78, 5) is 12.0. The number of halogens is 1. The van der Waals surface area contributed by atoms with Gasteiger partial charge < -0.3 is 15.4 Å². The van der Waals surface area contributed by atoms with E-state index in [0.29, 0.717) is 6.54 Å². The third-order valence-corrected chi connectivity index (χ3v) is 3.20. The van der Waals surface area contributed by atoms with Crippen LogP contribution in [0, 0.1) is 5.92 Å². The van der Waals surface area contributed by atoms with Crippen LogP contribution in [0.4, 0.5) is 0 Å². The molecule has 0 aliphatic heterocycles. The molecule has 4 nitrogen and oxygen atoms in total. The van der Waals surface area contributed by atoms with Crippen molar-refractivity contribution in [3.8, 4) is 5.75 Å². The second-order valence-corrected chi connectivity index (χ2v) is 4.70. The average molecular weight is 301 g/mol. The Morgan fingerprint density at radius 2 is 1.90 bits per heavy atom. The number of carbonyl (C=O) groups is 1. The Kier molecular flexibility index (Phi) is 9.01. The lowest BCUT2D eigenvalue weighted by molar-refractivity contribution is -0.125. The number of hydrogen-bond donors (Lipinski definition) is 2. The summed E-state index contributed by atoms with van der Waals surface area (Å²) in [5.74, 6) is 0.878. The predicted octanol–water partition coefficient (Wildman–Crippen LogP) is 2.54. The molecule has 0 aliphatic carbocycles. The van der Waals surface area contributed by atoms with Crippen LogP contribution in [-0.4, -0.2) is 26.6 Å². The van der Waals surface area contributed by atoms with Gasteiger partial charge in [0.15, 0.2) is 0 Å². The second kappa shape index (κ2) is 9.61. The molecule has 2 unspecified atom stereocenters. The minimum Gasteiger partial charge on any atom is -0.497 e. The molecule has 0 bridgehead atoms. The standard InChI is InChI=1S/C15H24N2O2.ClH/c1-5-14(17-15(18)11(2)10-16-3)12-6-8-13(19-4)9-7-12;/h6-9,11,14,16H,5,10H2,1-4H3,(H,17,18);1H. The molecule has 2 atom stereocenters. The van der Waals surface area contributed by atoms with Crippen molar-refractivity contribution in [3.05, 3.63) is 29.8 Å². The van der Waals surface area contributed by atoms with Crippen LogP contribution in [0.25, 0.3) is 0 Å². The number of nitrogens with one attached hydrogen (secondary N) is 2. The summed E-state index contributed by atoms with van der Waals surface area (Å²) in [7, 11) is 3.50. The summed E-state index contributed by atoms with van der Waals surface area (Å²) in [5.41, 5.74) is 1.10. The molecule has 5 heteroatoms. The molecule has 1 aromatic carbocycles. The molecule has 1 rings (SSSR count). The first-order valence-corrected chi connectivity index (χ1v) is 6.71. The van der Waals surface area contributed by atoms with Crippen molar-refractivity contribution >= 4 is 18.3 Å². The highest BCUT2D eigenvalue weighted by Crippen LogP contribution is 2.20. The fourth-order valence-corrected chi connectivity index (χ4v) is 1.97. The maximum atomic E-state index is 12.0. The van der Waals surface area contributed by atoms with Gasteiger partial charge in [-0.3, -0.25) is 4.79 Å². The molecular formula is C15H25ClN2O2. The average Bonchev–Trinajstić information content (AvgIpc) is 2.45. The smallest absolute Gasteiger partial charge is 0.224 e. The van der Waals surface area contributed by atoms with Crippen LogP contribution >= 0.6 is 12.4 Å². The molecule has 0 spiro atoms. The Balaban J connectivity index is 0.00000361. The lowest BCUT2D eigenvalue weighted by atomic mass is 10.0. The van der Waals surface area contributed by atoms with Gasteiger partial charge in [0, 0.05) is 12.5 Å². The topological polar surface area (TPSA) is 50.4 Å². The van der Waals surface area contributed by atoms with E-state index < -0.39 is 0 Å². The Bertz CT molecular complexity index is 395. The monoisotopic (exact) mass is 300 g/mol. The number of benzene rings is 1. The molecule has 0 aromatic heterocycles. The maximum absolute atomic E-state index is 12.0. The van der Waals surface area contributed by atoms with Crippen molar-refractivity contribution in [2.24, 2.45) is 5.92 Å². The van der Waals surface area contributed by atoms with Crippen molar-refractivity contribution in [2.75, 3.05) is 20.7 Å². The van der Waals surface area contributed by atoms with E-state index in [2.05, 4.69) is 17.6 Å². The fourth-order valence-electron chi connectivity index (χ4n) is 1.97. The first-order valence-electron chi connectivity index (χ1n) is 6.71. The van der Waals surface area contributed by atoms with Gasteiger partial charge in [0.1, 0.15) is 5.75 Å². The Labute approximate surface area is 127 Å². The predicted molar refractivity (Wildman–Crippen MR) is 84.5 cm³/mol. The van der Waals surface area contributed by atoms with Gasteiger partial charge in [-0.2, -0.15) is 0 Å². The molecular weight excluding hydrogens is 276 g/mol. The molecule has 1 aromatic rings. The van der Waals surface area contributed by atoms with Gasteiger partial charge in [-0.25, -0.2) is 0 Å². The Hall–Kier alpha value is -1.26. The van der Waals surface area contributed by atoms with Crippen molar-refractivity contribution in [2.45, 2.75) is 26.3 Å². The number of carbonyl (C=O) groups excluding carboxylic acids is 1. The van der Waals surface area contributed by atoms with E-state index >= 15 is 0 Å². The second-order valence-electron chi connectivity index (χ2n) is 4.70. The molecule has 0 radical (unpaired) electrons. The van der Waals surface area contributed by atoms with Crippen LogP contribution in [0.15, 0.2) is 24.3 Å². The Morgan fingerprint density at radius 1 is 1.30 bits per heavy atom. The normalized spacial score (nSPS) is 13.0. The lowest BCUT2D eigenvalue weighted by Crippen LogP contribution is -2.36. The van der Waals surface area contributed by atoms with Crippen LogP contribution in [0.2, 0.25) is 0 Å². The van der Waals surface area contributed by atoms with Gasteiger partial charge in [0.05, 0.1) is 13.2 Å². The van der Waals surface area contributed by atoms with Gasteiger partial charge in [-0.15, -0.1) is 12.4 Å². The highest BCUT2D eigenvalue weighted by Gasteiger charge is 2.17. The first-order chi connectivity index (χ1) is 9.12. The highest BCUT2D eigenvalue weighted by molar-refractivity contribution is 5.85. The summed E-state index contributed by atoms with van der Waals surface area (Å²) < 4.78 is 5.14. The summed E-state index contributed by atoms with van der Waals surface area (Å²) >= 11 is 0. The van der Waals surface area contributed by atoms with Crippen LogP contribution < -0.4 is 15.4 Å². The SMILES string of the molecule is CCC(NC(=O)C(C)CNC)c1ccc(OC)cc1.Cl. The van der Waals surface area contributed by atoms with E-state index in [9.17, 15) is 4.79 Å². The highest BCUT2D eigenvalue weighted by atomic mass is 35.5. The minimum absolute atomic E-state index is 0. The lowest BCUT2D eigenvalue weighted by Gasteiger charge is -2.20. The zero-order chi connectivity index (χ0) is 14.3. The zero-order valence-corrected chi connectivity index (χ0v) is 13.4. The molecule has 0 saturated heterocycles. The van der Waals surface area contributed by atoms with E-state index in [-0.39, 0.29) is 30.3 Å². The molecule has 0 saturated carbocycles. The van der Waals surface area contributed by atoms with Crippen molar-refractivity contribution < 1.29 is 9.53 Å². The van der Waals surface area contributed by atoms with Crippen LogP contribution in [0.5, 0.6) is 5.75 Å². The van der Waals surface area contributed by atoms with Gasteiger partial charge in [0.25, 0.3) is 0 Å². The van der Waals surface area contributed by atoms with Gasteiger partial charge in [0.2, 0.25) is 5.91 Å². The van der Waals surface area contributed by atoms with E-state index in [1.165, 1.54) is 0 Å². The zero-order valence-electron chi connectivity index (χ0n) is 12.6. The fraction of sp³-hybridized carbons (Fsp3) is 0.533. The van der Waals surface area contributed by atoms with Gasteiger partial charge in [-0.1, -0.05) is 26.0 Å². The van der Waals surface area contributed by atoms with Crippen LogP contribution in [0.3, 0.4) is 0 Å². The van der Waals surface area contributed by atoms with Gasteiger partial charge >= 0.3 is 0 Å². The Morgan fingerprint density at radius 3 is 2.35 bits per heavy atom. The quantitative estimate of drug-likeness (QED) is 0.813. The number of amides is 1. The minimum atomic E-state index is -0.0303. The van der Waals surface area contributed by atoms with Crippen LogP contribution in [0.1, 0.15) is 31.9 Å². The summed E-state index contributed by atoms with van der Waals surface area (Å²) in [6.07, 6.45) is 0.865. The maximum Gasteiger partial charge on any atom is 0.224 e. The van der Waals surface area contributed by atoms with E-state index in [4.69, 9.17) is 4.74 Å². The molecule has 2 N–H and O–H groups in total. The number of rotatable bonds is 7. The number of ether oxygens (including phenoxy) is 1. The van der Waals surface area contributed by atoms with E-state index in [0.717, 1.165) is 17.7 Å². The van der Waals surface area contributed by atoms with Crippen molar-refractivity contribution in [1.82, 2.24) is 10.6 Å². The van der Waals surface area contributed by atoms with E-state index in [1.807, 2.05) is 38.2 Å². The third-order valence-electron chi connectivity index (χ3n) is 3.20. The molecule has 0 fully saturated rings. The van der Waals surface area contributed by atoms with Crippen molar-refractivity contribution in [3.63, 3.8) is 0 Å². The molecule has 1 amide bonds. The summed E-state index contributed by atoms with van der Waals surface area (Å²) in [6.45, 7) is 4.68. The molecule has 114 valence electrons. The molecule has 0 heterocycles. The van der Waals surface area contributed by atoms with Gasteiger partial charge in [-0.05, 0) is 31.2 Å². The summed E-state index contributed by atoms with van der Waals surface area (Å²) in [6, 6.07) is 7.88. The molecule has 0 aliphatic rings. The number of methoxy groups -OCH3 is 1.